The van der Waals surface area contributed by atoms with E-state index in [4.69, 9.17) is 5.11 Å². The average Bonchev–Trinajstić information content (AvgIpc) is 2.44. The van der Waals surface area contributed by atoms with Gasteiger partial charge in [-0.2, -0.15) is 0 Å². The molecule has 0 aromatic heterocycles. The Morgan fingerprint density at radius 3 is 2.40 bits per heavy atom. The van der Waals surface area contributed by atoms with Gasteiger partial charge in [-0.3, -0.25) is 4.79 Å². The van der Waals surface area contributed by atoms with Gasteiger partial charge in [0.15, 0.2) is 0 Å². The summed E-state index contributed by atoms with van der Waals surface area (Å²) in [7, 11) is 0. The molecule has 0 aliphatic carbocycles. The van der Waals surface area contributed by atoms with Gasteiger partial charge in [0.25, 0.3) is 0 Å². The van der Waals surface area contributed by atoms with Crippen molar-refractivity contribution < 1.29 is 14.7 Å². The summed E-state index contributed by atoms with van der Waals surface area (Å²) in [5.74, 6) is -0.335. The zero-order valence-electron chi connectivity index (χ0n) is 11.2. The molecule has 0 aliphatic rings. The minimum absolute atomic E-state index is 0.228. The first-order valence-corrected chi connectivity index (χ1v) is 6.17. The Hall–Kier alpha value is -2.56. The van der Waals surface area contributed by atoms with Gasteiger partial charge in [-0.05, 0) is 18.6 Å². The van der Waals surface area contributed by atoms with E-state index in [1.54, 1.807) is 18.2 Å². The van der Waals surface area contributed by atoms with Crippen LogP contribution in [0.4, 0.5) is 10.5 Å². The highest BCUT2D eigenvalue weighted by Gasteiger charge is 2.25. The van der Waals surface area contributed by atoms with Crippen LogP contribution in [0.25, 0.3) is 0 Å². The number of amides is 2. The number of carbonyl (C=O) groups excluding carboxylic acids is 1. The van der Waals surface area contributed by atoms with Crippen LogP contribution in [0.15, 0.2) is 55.6 Å². The number of benzene rings is 1. The van der Waals surface area contributed by atoms with E-state index >= 15 is 0 Å². The number of hydrogen-bond donors (Lipinski definition) is 2. The van der Waals surface area contributed by atoms with E-state index in [9.17, 15) is 9.59 Å². The van der Waals surface area contributed by atoms with Crippen LogP contribution in [0.2, 0.25) is 0 Å². The smallest absolute Gasteiger partial charge is 0.405 e. The lowest BCUT2D eigenvalue weighted by Crippen LogP contribution is -2.48. The molecule has 5 heteroatoms. The van der Waals surface area contributed by atoms with E-state index in [0.717, 1.165) is 0 Å². The topological polar surface area (TPSA) is 69.6 Å². The van der Waals surface area contributed by atoms with Crippen molar-refractivity contribution in [3.8, 4) is 0 Å². The SMILES string of the molecule is C=CCC(NC(=O)O)C(=O)N(CC=C)c1ccccc1. The fourth-order valence-electron chi connectivity index (χ4n) is 1.78. The maximum absolute atomic E-state index is 12.5. The predicted octanol–water partition coefficient (Wildman–Crippen LogP) is 2.42. The summed E-state index contributed by atoms with van der Waals surface area (Å²) in [6.07, 6.45) is 2.09. The number of nitrogens with one attached hydrogen (secondary N) is 1. The zero-order valence-corrected chi connectivity index (χ0v) is 11.2. The highest BCUT2D eigenvalue weighted by Crippen LogP contribution is 2.15. The Balaban J connectivity index is 2.99. The molecule has 0 spiro atoms. The summed E-state index contributed by atoms with van der Waals surface area (Å²) >= 11 is 0. The summed E-state index contributed by atoms with van der Waals surface area (Å²) in [6.45, 7) is 7.47. The second kappa shape index (κ2) is 7.78. The zero-order chi connectivity index (χ0) is 15.0. The van der Waals surface area contributed by atoms with Crippen LogP contribution >= 0.6 is 0 Å². The first-order valence-electron chi connectivity index (χ1n) is 6.17. The molecular weight excluding hydrogens is 256 g/mol. The number of carbonyl (C=O) groups is 2. The van der Waals surface area contributed by atoms with E-state index in [0.29, 0.717) is 12.2 Å². The molecule has 0 fully saturated rings. The highest BCUT2D eigenvalue weighted by atomic mass is 16.4. The Morgan fingerprint density at radius 1 is 1.25 bits per heavy atom. The Kier molecular flexibility index (Phi) is 6.03. The third kappa shape index (κ3) is 4.28. The molecule has 0 bridgehead atoms. The molecule has 5 nitrogen and oxygen atoms in total. The second-order valence-corrected chi connectivity index (χ2v) is 4.10. The number of carboxylic acid groups (broad SMARTS) is 1. The molecule has 2 N–H and O–H groups in total. The van der Waals surface area contributed by atoms with Crippen molar-refractivity contribution in [2.75, 3.05) is 11.4 Å². The Labute approximate surface area is 118 Å². The second-order valence-electron chi connectivity index (χ2n) is 4.10. The molecule has 1 unspecified atom stereocenters. The van der Waals surface area contributed by atoms with Gasteiger partial charge in [0.2, 0.25) is 5.91 Å². The molecule has 106 valence electrons. The third-order valence-electron chi connectivity index (χ3n) is 2.64. The van der Waals surface area contributed by atoms with Crippen LogP contribution in [-0.4, -0.2) is 29.7 Å². The summed E-state index contributed by atoms with van der Waals surface area (Å²) in [5, 5.41) is 11.0. The van der Waals surface area contributed by atoms with Gasteiger partial charge in [-0.1, -0.05) is 30.4 Å². The standard InChI is InChI=1S/C15H18N2O3/c1-3-8-13(16-15(19)20)14(18)17(11-4-2)12-9-6-5-7-10-12/h3-7,9-10,13,16H,1-2,8,11H2,(H,19,20). The molecular formula is C15H18N2O3. The Morgan fingerprint density at radius 2 is 1.90 bits per heavy atom. The van der Waals surface area contributed by atoms with Crippen molar-refractivity contribution in [3.63, 3.8) is 0 Å². The minimum atomic E-state index is -1.24. The fourth-order valence-corrected chi connectivity index (χ4v) is 1.78. The average molecular weight is 274 g/mol. The summed E-state index contributed by atoms with van der Waals surface area (Å²) in [5.41, 5.74) is 0.693. The molecule has 1 aromatic carbocycles. The van der Waals surface area contributed by atoms with Crippen molar-refractivity contribution >= 4 is 17.7 Å². The molecule has 2 amide bonds. The largest absolute Gasteiger partial charge is 0.465 e. The van der Waals surface area contributed by atoms with Crippen LogP contribution in [-0.2, 0) is 4.79 Å². The maximum atomic E-state index is 12.5. The minimum Gasteiger partial charge on any atom is -0.465 e. The first kappa shape index (κ1) is 15.5. The highest BCUT2D eigenvalue weighted by molar-refractivity contribution is 5.98. The van der Waals surface area contributed by atoms with Crippen LogP contribution in [0.1, 0.15) is 6.42 Å². The molecule has 1 aromatic rings. The van der Waals surface area contributed by atoms with Gasteiger partial charge in [-0.15, -0.1) is 13.2 Å². The van der Waals surface area contributed by atoms with Gasteiger partial charge >= 0.3 is 6.09 Å². The number of nitrogens with zero attached hydrogens (tertiary/aromatic N) is 1. The lowest BCUT2D eigenvalue weighted by atomic mass is 10.1. The normalized spacial score (nSPS) is 11.2. The van der Waals surface area contributed by atoms with Crippen LogP contribution in [0, 0.1) is 0 Å². The maximum Gasteiger partial charge on any atom is 0.405 e. The van der Waals surface area contributed by atoms with Gasteiger partial charge in [0, 0.05) is 12.2 Å². The van der Waals surface area contributed by atoms with Crippen molar-refractivity contribution in [1.29, 1.82) is 0 Å². The van der Waals surface area contributed by atoms with Gasteiger partial charge in [0.05, 0.1) is 0 Å². The molecule has 0 aliphatic heterocycles. The van der Waals surface area contributed by atoms with Gasteiger partial charge < -0.3 is 15.3 Å². The summed E-state index contributed by atoms with van der Waals surface area (Å²) < 4.78 is 0. The monoisotopic (exact) mass is 274 g/mol. The van der Waals surface area contributed by atoms with E-state index in [-0.39, 0.29) is 12.3 Å². The van der Waals surface area contributed by atoms with E-state index in [1.807, 2.05) is 18.2 Å². The van der Waals surface area contributed by atoms with E-state index < -0.39 is 12.1 Å². The van der Waals surface area contributed by atoms with Crippen molar-refractivity contribution in [2.45, 2.75) is 12.5 Å². The Bertz CT molecular complexity index is 485. The van der Waals surface area contributed by atoms with Gasteiger partial charge in [-0.25, -0.2) is 4.79 Å². The van der Waals surface area contributed by atoms with Crippen LogP contribution < -0.4 is 10.2 Å². The summed E-state index contributed by atoms with van der Waals surface area (Å²) in [6, 6.07) is 8.18. The molecule has 0 radical (unpaired) electrons. The lowest BCUT2D eigenvalue weighted by molar-refractivity contribution is -0.120. The number of para-hydroxylation sites is 1. The number of hydrogen-bond acceptors (Lipinski definition) is 2. The lowest BCUT2D eigenvalue weighted by Gasteiger charge is -2.26. The summed E-state index contributed by atoms with van der Waals surface area (Å²) in [4.78, 5) is 24.7. The third-order valence-corrected chi connectivity index (χ3v) is 2.64. The predicted molar refractivity (Wildman–Crippen MR) is 78.8 cm³/mol. The molecule has 1 atom stereocenters. The molecule has 0 heterocycles. The molecule has 0 saturated carbocycles. The first-order chi connectivity index (χ1) is 9.60. The van der Waals surface area contributed by atoms with Crippen molar-refractivity contribution in [1.82, 2.24) is 5.32 Å². The number of rotatable bonds is 7. The van der Waals surface area contributed by atoms with Crippen LogP contribution in [0.5, 0.6) is 0 Å². The van der Waals surface area contributed by atoms with E-state index in [1.165, 1.54) is 11.0 Å². The molecule has 1 rings (SSSR count). The number of anilines is 1. The van der Waals surface area contributed by atoms with Crippen molar-refractivity contribution in [2.24, 2.45) is 0 Å². The quantitative estimate of drug-likeness (QED) is 0.750. The van der Waals surface area contributed by atoms with Crippen LogP contribution in [0.3, 0.4) is 0 Å². The fraction of sp³-hybridized carbons (Fsp3) is 0.200. The van der Waals surface area contributed by atoms with Gasteiger partial charge in [0.1, 0.15) is 6.04 Å². The molecule has 0 saturated heterocycles. The molecule has 20 heavy (non-hydrogen) atoms. The van der Waals surface area contributed by atoms with Crippen molar-refractivity contribution in [3.05, 3.63) is 55.6 Å². The van der Waals surface area contributed by atoms with E-state index in [2.05, 4.69) is 18.5 Å².